The number of hydrogen-bond acceptors (Lipinski definition) is 5. The van der Waals surface area contributed by atoms with Crippen LogP contribution in [0.2, 0.25) is 0 Å². The molecule has 2 amide bonds. The van der Waals surface area contributed by atoms with Gasteiger partial charge in [-0.15, -0.1) is 0 Å². The molecule has 1 saturated heterocycles. The SMILES string of the molecule is CC(C)(C)C(=O)NCC1OC[C@@](O)(CNC(=O)c2ccccc2)[C@@H]1O. The largest absolute Gasteiger partial charge is 0.387 e. The number of aliphatic hydroxyl groups excluding tert-OH is 1. The summed E-state index contributed by atoms with van der Waals surface area (Å²) in [7, 11) is 0. The van der Waals surface area contributed by atoms with Crippen LogP contribution in [0.4, 0.5) is 0 Å². The molecule has 0 aromatic heterocycles. The Morgan fingerprint density at radius 1 is 1.24 bits per heavy atom. The highest BCUT2D eigenvalue weighted by molar-refractivity contribution is 5.94. The zero-order valence-electron chi connectivity index (χ0n) is 14.8. The first-order chi connectivity index (χ1) is 11.6. The minimum Gasteiger partial charge on any atom is -0.387 e. The maximum Gasteiger partial charge on any atom is 0.251 e. The third-order valence-electron chi connectivity index (χ3n) is 4.19. The number of rotatable bonds is 5. The molecule has 138 valence electrons. The molecule has 1 unspecified atom stereocenters. The molecule has 0 saturated carbocycles. The van der Waals surface area contributed by atoms with Crippen LogP contribution in [-0.4, -0.2) is 59.5 Å². The highest BCUT2D eigenvalue weighted by atomic mass is 16.5. The molecule has 2 rings (SSSR count). The van der Waals surface area contributed by atoms with Crippen molar-refractivity contribution in [1.29, 1.82) is 0 Å². The molecule has 1 aliphatic heterocycles. The summed E-state index contributed by atoms with van der Waals surface area (Å²) < 4.78 is 5.42. The van der Waals surface area contributed by atoms with Crippen LogP contribution in [0, 0.1) is 5.41 Å². The minimum atomic E-state index is -1.60. The number of benzene rings is 1. The van der Waals surface area contributed by atoms with Gasteiger partial charge in [-0.05, 0) is 12.1 Å². The first kappa shape index (κ1) is 19.4. The van der Waals surface area contributed by atoms with Gasteiger partial charge < -0.3 is 25.6 Å². The number of aliphatic hydroxyl groups is 2. The van der Waals surface area contributed by atoms with Gasteiger partial charge >= 0.3 is 0 Å². The van der Waals surface area contributed by atoms with Gasteiger partial charge in [-0.2, -0.15) is 0 Å². The van der Waals surface area contributed by atoms with Crippen molar-refractivity contribution in [3.05, 3.63) is 35.9 Å². The second-order valence-corrected chi connectivity index (χ2v) is 7.41. The van der Waals surface area contributed by atoms with Crippen LogP contribution in [0.3, 0.4) is 0 Å². The Hall–Kier alpha value is -1.96. The van der Waals surface area contributed by atoms with E-state index in [4.69, 9.17) is 4.74 Å². The molecule has 0 radical (unpaired) electrons. The Morgan fingerprint density at radius 3 is 2.48 bits per heavy atom. The summed E-state index contributed by atoms with van der Waals surface area (Å²) in [6, 6.07) is 8.60. The molecule has 3 atom stereocenters. The van der Waals surface area contributed by atoms with Crippen molar-refractivity contribution in [2.75, 3.05) is 19.7 Å². The lowest BCUT2D eigenvalue weighted by Gasteiger charge is -2.27. The number of hydrogen-bond donors (Lipinski definition) is 4. The average molecular weight is 350 g/mol. The van der Waals surface area contributed by atoms with Crippen molar-refractivity contribution >= 4 is 11.8 Å². The number of nitrogens with one attached hydrogen (secondary N) is 2. The van der Waals surface area contributed by atoms with Crippen molar-refractivity contribution in [1.82, 2.24) is 10.6 Å². The Kier molecular flexibility index (Phi) is 5.82. The summed E-state index contributed by atoms with van der Waals surface area (Å²) >= 11 is 0. The van der Waals surface area contributed by atoms with Gasteiger partial charge in [-0.3, -0.25) is 9.59 Å². The van der Waals surface area contributed by atoms with E-state index in [0.717, 1.165) is 0 Å². The third-order valence-corrected chi connectivity index (χ3v) is 4.19. The van der Waals surface area contributed by atoms with Crippen LogP contribution in [0.5, 0.6) is 0 Å². The smallest absolute Gasteiger partial charge is 0.251 e. The number of amides is 2. The van der Waals surface area contributed by atoms with Crippen molar-refractivity contribution in [3.63, 3.8) is 0 Å². The summed E-state index contributed by atoms with van der Waals surface area (Å²) in [5.41, 5.74) is -1.68. The Balaban J connectivity index is 1.87. The van der Waals surface area contributed by atoms with Gasteiger partial charge in [0.1, 0.15) is 17.8 Å². The van der Waals surface area contributed by atoms with E-state index in [1.807, 2.05) is 0 Å². The van der Waals surface area contributed by atoms with Gasteiger partial charge in [-0.1, -0.05) is 39.0 Å². The van der Waals surface area contributed by atoms with Crippen LogP contribution < -0.4 is 10.6 Å². The molecular weight excluding hydrogens is 324 g/mol. The van der Waals surface area contributed by atoms with E-state index in [2.05, 4.69) is 10.6 Å². The quantitative estimate of drug-likeness (QED) is 0.601. The van der Waals surface area contributed by atoms with Gasteiger partial charge in [0, 0.05) is 17.5 Å². The fourth-order valence-electron chi connectivity index (χ4n) is 2.48. The van der Waals surface area contributed by atoms with Crippen molar-refractivity contribution in [2.24, 2.45) is 5.41 Å². The molecule has 1 heterocycles. The molecule has 0 bridgehead atoms. The summed E-state index contributed by atoms with van der Waals surface area (Å²) in [4.78, 5) is 23.9. The molecule has 7 heteroatoms. The van der Waals surface area contributed by atoms with Crippen molar-refractivity contribution in [2.45, 2.75) is 38.6 Å². The summed E-state index contributed by atoms with van der Waals surface area (Å²) in [6.45, 7) is 5.16. The second-order valence-electron chi connectivity index (χ2n) is 7.41. The molecule has 0 spiro atoms. The van der Waals surface area contributed by atoms with E-state index in [9.17, 15) is 19.8 Å². The molecule has 1 aromatic carbocycles. The van der Waals surface area contributed by atoms with E-state index in [1.165, 1.54) is 0 Å². The lowest BCUT2D eigenvalue weighted by atomic mass is 9.94. The second kappa shape index (κ2) is 7.51. The normalized spacial score (nSPS) is 26.3. The number of ether oxygens (including phenoxy) is 1. The summed E-state index contributed by atoms with van der Waals surface area (Å²) in [6.07, 6.45) is -1.95. The van der Waals surface area contributed by atoms with Gasteiger partial charge in [0.15, 0.2) is 0 Å². The van der Waals surface area contributed by atoms with Crippen LogP contribution in [0.15, 0.2) is 30.3 Å². The lowest BCUT2D eigenvalue weighted by molar-refractivity contribution is -0.129. The predicted octanol–water partition coefficient (Wildman–Crippen LogP) is 0.0695. The third kappa shape index (κ3) is 4.78. The average Bonchev–Trinajstić information content (AvgIpc) is 2.86. The zero-order chi connectivity index (χ0) is 18.7. The molecular formula is C18H26N2O5. The highest BCUT2D eigenvalue weighted by Gasteiger charge is 2.48. The standard InChI is InChI=1S/C18H26N2O5/c1-17(2,3)16(23)19-9-13-14(21)18(24,11-25-13)10-20-15(22)12-7-5-4-6-8-12/h4-8,13-14,21,24H,9-11H2,1-3H3,(H,19,23)(H,20,22)/t13?,14-,18+/m1/s1. The van der Waals surface area contributed by atoms with Crippen LogP contribution in [0.1, 0.15) is 31.1 Å². The zero-order valence-corrected chi connectivity index (χ0v) is 14.8. The first-order valence-electron chi connectivity index (χ1n) is 8.27. The topological polar surface area (TPSA) is 108 Å². The van der Waals surface area contributed by atoms with Crippen molar-refractivity contribution in [3.8, 4) is 0 Å². The van der Waals surface area contributed by atoms with Crippen molar-refractivity contribution < 1.29 is 24.5 Å². The fourth-order valence-corrected chi connectivity index (χ4v) is 2.48. The Labute approximate surface area is 147 Å². The fraction of sp³-hybridized carbons (Fsp3) is 0.556. The summed E-state index contributed by atoms with van der Waals surface area (Å²) in [5, 5.41) is 26.2. The summed E-state index contributed by atoms with van der Waals surface area (Å²) in [5.74, 6) is -0.512. The van der Waals surface area contributed by atoms with Crippen LogP contribution in [0.25, 0.3) is 0 Å². The molecule has 4 N–H and O–H groups in total. The highest BCUT2D eigenvalue weighted by Crippen LogP contribution is 2.24. The minimum absolute atomic E-state index is 0.0895. The number of carbonyl (C=O) groups excluding carboxylic acids is 2. The van der Waals surface area contributed by atoms with Crippen LogP contribution >= 0.6 is 0 Å². The Bertz CT molecular complexity index is 614. The molecule has 1 fully saturated rings. The lowest BCUT2D eigenvalue weighted by Crippen LogP contribution is -2.54. The van der Waals surface area contributed by atoms with Gasteiger partial charge in [0.25, 0.3) is 5.91 Å². The monoisotopic (exact) mass is 350 g/mol. The van der Waals surface area contributed by atoms with E-state index >= 15 is 0 Å². The Morgan fingerprint density at radius 2 is 1.88 bits per heavy atom. The van der Waals surface area contributed by atoms with Crippen LogP contribution in [-0.2, 0) is 9.53 Å². The van der Waals surface area contributed by atoms with E-state index in [-0.39, 0.29) is 31.5 Å². The molecule has 25 heavy (non-hydrogen) atoms. The maximum atomic E-state index is 12.1. The van der Waals surface area contributed by atoms with E-state index < -0.39 is 23.2 Å². The van der Waals surface area contributed by atoms with Gasteiger partial charge in [0.2, 0.25) is 5.91 Å². The predicted molar refractivity (Wildman–Crippen MR) is 91.9 cm³/mol. The van der Waals surface area contributed by atoms with E-state index in [1.54, 1.807) is 51.1 Å². The first-order valence-corrected chi connectivity index (χ1v) is 8.27. The number of carbonyl (C=O) groups is 2. The van der Waals surface area contributed by atoms with Gasteiger partial charge in [0.05, 0.1) is 13.2 Å². The molecule has 1 aromatic rings. The van der Waals surface area contributed by atoms with Gasteiger partial charge in [-0.25, -0.2) is 0 Å². The maximum absolute atomic E-state index is 12.1. The van der Waals surface area contributed by atoms with E-state index in [0.29, 0.717) is 5.56 Å². The molecule has 7 nitrogen and oxygen atoms in total. The molecule has 0 aliphatic carbocycles. The molecule has 1 aliphatic rings.